The van der Waals surface area contributed by atoms with Crippen molar-refractivity contribution in [3.8, 4) is 0 Å². The number of amides is 2. The fourth-order valence-corrected chi connectivity index (χ4v) is 3.96. The quantitative estimate of drug-likeness (QED) is 0.739. The van der Waals surface area contributed by atoms with E-state index in [2.05, 4.69) is 0 Å². The van der Waals surface area contributed by atoms with Gasteiger partial charge in [0.05, 0.1) is 24.2 Å². The summed E-state index contributed by atoms with van der Waals surface area (Å²) in [6.45, 7) is -0.930. The van der Waals surface area contributed by atoms with E-state index in [0.717, 1.165) is 6.07 Å². The van der Waals surface area contributed by atoms with Gasteiger partial charge < -0.3 is 10.5 Å². The number of primary amides is 1. The molecule has 11 heteroatoms. The molecule has 0 bridgehead atoms. The second-order valence-electron chi connectivity index (χ2n) is 6.94. The van der Waals surface area contributed by atoms with Crippen molar-refractivity contribution in [2.45, 2.75) is 24.7 Å². The van der Waals surface area contributed by atoms with E-state index in [0.29, 0.717) is 12.0 Å². The number of ether oxygens (including phenoxy) is 1. The lowest BCUT2D eigenvalue weighted by molar-refractivity contribution is -0.144. The Hall–Kier alpha value is -2.07. The van der Waals surface area contributed by atoms with Crippen LogP contribution in [0.2, 0.25) is 5.02 Å². The highest BCUT2D eigenvalue weighted by molar-refractivity contribution is 6.30. The lowest BCUT2D eigenvalue weighted by Crippen LogP contribution is -2.39. The molecule has 1 unspecified atom stereocenters. The number of carbonyl (C=O) groups is 2. The summed E-state index contributed by atoms with van der Waals surface area (Å²) in [5.41, 5.74) is 5.65. The van der Waals surface area contributed by atoms with Crippen LogP contribution in [0.1, 0.15) is 18.0 Å². The number of rotatable bonds is 5. The Bertz CT molecular complexity index is 777. The summed E-state index contributed by atoms with van der Waals surface area (Å²) in [5, 5.41) is -0.174. The minimum absolute atomic E-state index is 0.0736. The van der Waals surface area contributed by atoms with Gasteiger partial charge in [-0.25, -0.2) is 9.18 Å². The molecule has 2 N–H and O–H groups in total. The number of likely N-dealkylation sites (tertiary alicyclic amines) is 1. The molecular formula is C17H18ClF4N3O3. The normalized spacial score (nSPS) is 24.5. The van der Waals surface area contributed by atoms with Gasteiger partial charge in [0.2, 0.25) is 0 Å². The van der Waals surface area contributed by atoms with Gasteiger partial charge in [-0.1, -0.05) is 17.7 Å². The van der Waals surface area contributed by atoms with Crippen LogP contribution in [0.4, 0.5) is 22.4 Å². The van der Waals surface area contributed by atoms with Crippen LogP contribution in [-0.2, 0) is 9.53 Å². The molecule has 3 rings (SSSR count). The van der Waals surface area contributed by atoms with Crippen molar-refractivity contribution >= 4 is 23.6 Å². The van der Waals surface area contributed by atoms with Gasteiger partial charge in [-0.3, -0.25) is 14.6 Å². The van der Waals surface area contributed by atoms with Crippen molar-refractivity contribution in [2.24, 2.45) is 11.7 Å². The van der Waals surface area contributed by atoms with Gasteiger partial charge in [-0.15, -0.1) is 0 Å². The first-order valence-electron chi connectivity index (χ1n) is 8.56. The average molecular weight is 424 g/mol. The molecule has 2 saturated heterocycles. The monoisotopic (exact) mass is 423 g/mol. The van der Waals surface area contributed by atoms with Crippen molar-refractivity contribution in [3.63, 3.8) is 0 Å². The van der Waals surface area contributed by atoms with Crippen molar-refractivity contribution in [2.75, 3.05) is 26.2 Å². The molecule has 0 spiro atoms. The molecule has 2 heterocycles. The van der Waals surface area contributed by atoms with Crippen LogP contribution in [0.3, 0.4) is 0 Å². The van der Waals surface area contributed by atoms with E-state index in [-0.39, 0.29) is 30.6 Å². The van der Waals surface area contributed by atoms with Crippen LogP contribution < -0.4 is 5.73 Å². The smallest absolute Gasteiger partial charge is 0.411 e. The fourth-order valence-electron chi connectivity index (χ4n) is 3.78. The highest BCUT2D eigenvalue weighted by Crippen LogP contribution is 2.39. The van der Waals surface area contributed by atoms with Gasteiger partial charge in [0.1, 0.15) is 5.82 Å². The maximum atomic E-state index is 13.6. The van der Waals surface area contributed by atoms with Crippen molar-refractivity contribution in [3.05, 3.63) is 34.6 Å². The lowest BCUT2D eigenvalue weighted by atomic mass is 9.90. The van der Waals surface area contributed by atoms with Crippen LogP contribution in [0.5, 0.6) is 0 Å². The highest BCUT2D eigenvalue weighted by atomic mass is 35.5. The zero-order valence-electron chi connectivity index (χ0n) is 14.6. The van der Waals surface area contributed by atoms with Crippen molar-refractivity contribution in [1.82, 2.24) is 9.80 Å². The molecule has 2 amide bonds. The first-order chi connectivity index (χ1) is 13.0. The molecule has 2 fully saturated rings. The van der Waals surface area contributed by atoms with Crippen molar-refractivity contribution < 1.29 is 31.9 Å². The van der Waals surface area contributed by atoms with Gasteiger partial charge in [0, 0.05) is 6.54 Å². The van der Waals surface area contributed by atoms with Crippen molar-refractivity contribution in [1.29, 1.82) is 0 Å². The molecule has 6 nitrogen and oxygen atoms in total. The topological polar surface area (TPSA) is 75.9 Å². The first kappa shape index (κ1) is 20.7. The number of carbonyl (C=O) groups excluding carboxylic acids is 2. The standard InChI is InChI=1S/C17H18ClF4N3O3/c18-11-5-9(1-2-12(11)19)14(25-7-13(15(23)26)28-16(25)27)10-3-4-24(6-10)8-17(20,21)22/h1-2,5,10,13-14H,3-4,6-8H2,(H2,23,26)/t10-,13?,14+/m1/s1. The van der Waals surface area contributed by atoms with Crippen LogP contribution in [0.25, 0.3) is 0 Å². The van der Waals surface area contributed by atoms with E-state index in [4.69, 9.17) is 22.1 Å². The Balaban J connectivity index is 1.88. The Kier molecular flexibility index (Phi) is 5.72. The summed E-state index contributed by atoms with van der Waals surface area (Å²) < 4.78 is 56.7. The third-order valence-electron chi connectivity index (χ3n) is 4.94. The van der Waals surface area contributed by atoms with Gasteiger partial charge in [-0.05, 0) is 36.6 Å². The molecule has 0 aromatic heterocycles. The molecule has 0 saturated carbocycles. The fraction of sp³-hybridized carbons (Fsp3) is 0.529. The molecule has 1 aromatic carbocycles. The lowest BCUT2D eigenvalue weighted by Gasteiger charge is -2.31. The number of cyclic esters (lactones) is 1. The predicted octanol–water partition coefficient (Wildman–Crippen LogP) is 2.71. The second kappa shape index (κ2) is 7.75. The highest BCUT2D eigenvalue weighted by Gasteiger charge is 2.45. The van der Waals surface area contributed by atoms with E-state index in [1.165, 1.54) is 21.9 Å². The SMILES string of the molecule is NC(=O)C1CN([C@@H](c2ccc(F)c(Cl)c2)[C@@H]2CCN(CC(F)(F)F)C2)C(=O)O1. The molecule has 28 heavy (non-hydrogen) atoms. The first-order valence-corrected chi connectivity index (χ1v) is 8.93. The zero-order valence-corrected chi connectivity index (χ0v) is 15.3. The van der Waals surface area contributed by atoms with Gasteiger partial charge >= 0.3 is 12.3 Å². The molecule has 3 atom stereocenters. The largest absolute Gasteiger partial charge is 0.434 e. The van der Waals surface area contributed by atoms with Gasteiger partial charge in [0.25, 0.3) is 5.91 Å². The second-order valence-corrected chi connectivity index (χ2v) is 7.35. The molecular weight excluding hydrogens is 406 g/mol. The van der Waals surface area contributed by atoms with Gasteiger partial charge in [-0.2, -0.15) is 13.2 Å². The Morgan fingerprint density at radius 2 is 2.07 bits per heavy atom. The Morgan fingerprint density at radius 3 is 2.64 bits per heavy atom. The maximum Gasteiger partial charge on any atom is 0.411 e. The van der Waals surface area contributed by atoms with Crippen LogP contribution in [0.15, 0.2) is 18.2 Å². The summed E-state index contributed by atoms with van der Waals surface area (Å²) in [7, 11) is 0. The number of benzene rings is 1. The summed E-state index contributed by atoms with van der Waals surface area (Å²) >= 11 is 5.86. The third kappa shape index (κ3) is 4.49. The number of alkyl halides is 3. The zero-order chi connectivity index (χ0) is 20.6. The third-order valence-corrected chi connectivity index (χ3v) is 5.23. The van der Waals surface area contributed by atoms with E-state index in [1.54, 1.807) is 0 Å². The maximum absolute atomic E-state index is 13.6. The average Bonchev–Trinajstić information content (AvgIpc) is 3.17. The molecule has 0 aliphatic carbocycles. The van der Waals surface area contributed by atoms with Crippen LogP contribution in [0, 0.1) is 11.7 Å². The van der Waals surface area contributed by atoms with Crippen LogP contribution in [-0.4, -0.2) is 60.3 Å². The molecule has 0 radical (unpaired) electrons. The predicted molar refractivity (Wildman–Crippen MR) is 90.9 cm³/mol. The summed E-state index contributed by atoms with van der Waals surface area (Å²) in [6.07, 6.45) is -5.92. The van der Waals surface area contributed by atoms with E-state index in [9.17, 15) is 27.2 Å². The number of nitrogens with zero attached hydrogens (tertiary/aromatic N) is 2. The number of hydrogen-bond donors (Lipinski definition) is 1. The number of hydrogen-bond acceptors (Lipinski definition) is 4. The molecule has 2 aliphatic rings. The van der Waals surface area contributed by atoms with Crippen LogP contribution >= 0.6 is 11.6 Å². The summed E-state index contributed by atoms with van der Waals surface area (Å²) in [5.74, 6) is -1.87. The molecule has 1 aromatic rings. The van der Waals surface area contributed by atoms with E-state index in [1.807, 2.05) is 0 Å². The Morgan fingerprint density at radius 1 is 1.36 bits per heavy atom. The Labute approximate surface area is 163 Å². The molecule has 154 valence electrons. The van der Waals surface area contributed by atoms with E-state index < -0.39 is 42.7 Å². The number of halogens is 5. The number of nitrogens with two attached hydrogens (primary N) is 1. The molecule has 2 aliphatic heterocycles. The van der Waals surface area contributed by atoms with E-state index >= 15 is 0 Å². The minimum Gasteiger partial charge on any atom is -0.434 e. The summed E-state index contributed by atoms with van der Waals surface area (Å²) in [4.78, 5) is 26.2. The minimum atomic E-state index is -4.34. The summed E-state index contributed by atoms with van der Waals surface area (Å²) in [6, 6.07) is 3.15. The van der Waals surface area contributed by atoms with Gasteiger partial charge in [0.15, 0.2) is 6.10 Å².